The summed E-state index contributed by atoms with van der Waals surface area (Å²) in [6, 6.07) is 13.4. The van der Waals surface area contributed by atoms with E-state index in [9.17, 15) is 9.59 Å². The number of methoxy groups -OCH3 is 3. The predicted molar refractivity (Wildman–Crippen MR) is 116 cm³/mol. The average Bonchev–Trinajstić information content (AvgIpc) is 2.82. The molecular weight excluding hydrogens is 398 g/mol. The maximum atomic E-state index is 12.7. The molecule has 0 saturated heterocycles. The second-order valence-corrected chi connectivity index (χ2v) is 6.49. The fourth-order valence-corrected chi connectivity index (χ4v) is 2.91. The Balaban J connectivity index is 1.66. The number of nitrogens with one attached hydrogen (secondary N) is 2. The van der Waals surface area contributed by atoms with Gasteiger partial charge < -0.3 is 24.8 Å². The Kier molecular flexibility index (Phi) is 7.05. The summed E-state index contributed by atoms with van der Waals surface area (Å²) in [6.45, 7) is 0.381. The van der Waals surface area contributed by atoms with Crippen molar-refractivity contribution < 1.29 is 23.8 Å². The number of benzene rings is 2. The van der Waals surface area contributed by atoms with Crippen molar-refractivity contribution in [2.24, 2.45) is 0 Å². The normalized spacial score (nSPS) is 10.2. The number of anilines is 1. The van der Waals surface area contributed by atoms with Crippen molar-refractivity contribution in [1.29, 1.82) is 0 Å². The number of hydrogen-bond donors (Lipinski definition) is 2. The number of amides is 2. The first-order valence-corrected chi connectivity index (χ1v) is 9.44. The number of carbonyl (C=O) groups is 2. The number of ether oxygens (including phenoxy) is 3. The molecule has 8 heteroatoms. The quantitative estimate of drug-likeness (QED) is 0.579. The van der Waals surface area contributed by atoms with Crippen LogP contribution in [0.15, 0.2) is 60.9 Å². The average molecular weight is 421 g/mol. The van der Waals surface area contributed by atoms with Gasteiger partial charge in [-0.1, -0.05) is 6.07 Å². The molecule has 3 aromatic rings. The maximum Gasteiger partial charge on any atom is 0.255 e. The van der Waals surface area contributed by atoms with Crippen LogP contribution in [-0.4, -0.2) is 38.1 Å². The predicted octanol–water partition coefficient (Wildman–Crippen LogP) is 3.29. The van der Waals surface area contributed by atoms with Gasteiger partial charge >= 0.3 is 0 Å². The third kappa shape index (κ3) is 5.30. The molecule has 0 aliphatic heterocycles. The molecule has 160 valence electrons. The van der Waals surface area contributed by atoms with Crippen molar-refractivity contribution in [3.05, 3.63) is 77.6 Å². The van der Waals surface area contributed by atoms with E-state index in [2.05, 4.69) is 15.6 Å². The summed E-state index contributed by atoms with van der Waals surface area (Å²) in [4.78, 5) is 29.0. The Hall–Kier alpha value is -4.07. The molecule has 2 N–H and O–H groups in total. The lowest BCUT2D eigenvalue weighted by molar-refractivity contribution is 0.0950. The topological polar surface area (TPSA) is 98.8 Å². The zero-order valence-corrected chi connectivity index (χ0v) is 17.5. The van der Waals surface area contributed by atoms with E-state index < -0.39 is 0 Å². The first kappa shape index (κ1) is 21.6. The van der Waals surface area contributed by atoms with E-state index >= 15 is 0 Å². The van der Waals surface area contributed by atoms with Gasteiger partial charge in [-0.05, 0) is 48.0 Å². The third-order valence-electron chi connectivity index (χ3n) is 4.51. The lowest BCUT2D eigenvalue weighted by Crippen LogP contribution is -2.22. The van der Waals surface area contributed by atoms with E-state index in [4.69, 9.17) is 14.2 Å². The molecule has 8 nitrogen and oxygen atoms in total. The van der Waals surface area contributed by atoms with Gasteiger partial charge in [0.25, 0.3) is 11.8 Å². The Bertz CT molecular complexity index is 1030. The number of aromatic nitrogens is 1. The van der Waals surface area contributed by atoms with Crippen molar-refractivity contribution in [2.45, 2.75) is 6.54 Å². The number of hydrogen-bond acceptors (Lipinski definition) is 6. The molecule has 1 aromatic heterocycles. The van der Waals surface area contributed by atoms with Crippen LogP contribution in [-0.2, 0) is 6.54 Å². The molecule has 1 heterocycles. The van der Waals surface area contributed by atoms with Gasteiger partial charge in [0.2, 0.25) is 5.75 Å². The van der Waals surface area contributed by atoms with Gasteiger partial charge in [0, 0.05) is 35.8 Å². The van der Waals surface area contributed by atoms with Crippen LogP contribution in [0.25, 0.3) is 0 Å². The fourth-order valence-electron chi connectivity index (χ4n) is 2.91. The minimum Gasteiger partial charge on any atom is -0.493 e. The van der Waals surface area contributed by atoms with Gasteiger partial charge in [-0.25, -0.2) is 0 Å². The molecule has 0 saturated carbocycles. The van der Waals surface area contributed by atoms with Crippen molar-refractivity contribution in [2.75, 3.05) is 26.6 Å². The summed E-state index contributed by atoms with van der Waals surface area (Å²) >= 11 is 0. The number of pyridine rings is 1. The van der Waals surface area contributed by atoms with Crippen LogP contribution < -0.4 is 24.8 Å². The van der Waals surface area contributed by atoms with Crippen LogP contribution in [0.5, 0.6) is 17.2 Å². The minimum absolute atomic E-state index is 0.216. The van der Waals surface area contributed by atoms with E-state index in [-0.39, 0.29) is 11.8 Å². The highest BCUT2D eigenvalue weighted by Gasteiger charge is 2.17. The van der Waals surface area contributed by atoms with Crippen molar-refractivity contribution in [1.82, 2.24) is 10.3 Å². The van der Waals surface area contributed by atoms with Crippen molar-refractivity contribution >= 4 is 17.5 Å². The van der Waals surface area contributed by atoms with E-state index in [1.807, 2.05) is 12.1 Å². The summed E-state index contributed by atoms with van der Waals surface area (Å²) in [7, 11) is 4.46. The second kappa shape index (κ2) is 10.1. The third-order valence-corrected chi connectivity index (χ3v) is 4.51. The molecule has 0 bridgehead atoms. The van der Waals surface area contributed by atoms with Crippen LogP contribution >= 0.6 is 0 Å². The molecule has 3 rings (SSSR count). The molecule has 0 spiro atoms. The lowest BCUT2D eigenvalue weighted by Gasteiger charge is -2.14. The molecule has 0 aliphatic carbocycles. The van der Waals surface area contributed by atoms with Gasteiger partial charge in [-0.15, -0.1) is 0 Å². The highest BCUT2D eigenvalue weighted by Crippen LogP contribution is 2.38. The van der Waals surface area contributed by atoms with Crippen molar-refractivity contribution in [3.8, 4) is 17.2 Å². The van der Waals surface area contributed by atoms with Crippen molar-refractivity contribution in [3.63, 3.8) is 0 Å². The van der Waals surface area contributed by atoms with Gasteiger partial charge in [0.15, 0.2) is 11.5 Å². The zero-order valence-electron chi connectivity index (χ0n) is 17.5. The first-order valence-electron chi connectivity index (χ1n) is 9.44. The van der Waals surface area contributed by atoms with E-state index in [1.54, 1.807) is 48.8 Å². The number of nitrogens with zero attached hydrogens (tertiary/aromatic N) is 1. The van der Waals surface area contributed by atoms with Crippen LogP contribution in [0, 0.1) is 0 Å². The maximum absolute atomic E-state index is 12.7. The van der Waals surface area contributed by atoms with E-state index in [0.29, 0.717) is 40.6 Å². The van der Waals surface area contributed by atoms with Crippen LogP contribution in [0.3, 0.4) is 0 Å². The SMILES string of the molecule is COc1cc(C(=O)Nc2ccc(C(=O)NCc3cccnc3)cc2)cc(OC)c1OC. The standard InChI is InChI=1S/C23H23N3O5/c1-29-19-11-17(12-20(30-2)21(19)31-3)23(28)26-18-8-6-16(7-9-18)22(27)25-14-15-5-4-10-24-13-15/h4-13H,14H2,1-3H3,(H,25,27)(H,26,28). The Morgan fingerprint density at radius 3 is 2.10 bits per heavy atom. The monoisotopic (exact) mass is 421 g/mol. The molecule has 0 unspecified atom stereocenters. The van der Waals surface area contributed by atoms with Gasteiger partial charge in [-0.3, -0.25) is 14.6 Å². The summed E-state index contributed by atoms with van der Waals surface area (Å²) in [5.74, 6) is 0.600. The van der Waals surface area contributed by atoms with E-state index in [1.165, 1.54) is 21.3 Å². The molecule has 0 atom stereocenters. The summed E-state index contributed by atoms with van der Waals surface area (Å²) in [5.41, 5.74) is 2.27. The Morgan fingerprint density at radius 1 is 0.871 bits per heavy atom. The highest BCUT2D eigenvalue weighted by molar-refractivity contribution is 6.05. The van der Waals surface area contributed by atoms with Gasteiger partial charge in [0.1, 0.15) is 0 Å². The molecule has 0 fully saturated rings. The van der Waals surface area contributed by atoms with Gasteiger partial charge in [-0.2, -0.15) is 0 Å². The smallest absolute Gasteiger partial charge is 0.255 e. The summed E-state index contributed by atoms with van der Waals surface area (Å²) in [5, 5.41) is 5.62. The first-order chi connectivity index (χ1) is 15.0. The van der Waals surface area contributed by atoms with Crippen LogP contribution in [0.2, 0.25) is 0 Å². The van der Waals surface area contributed by atoms with Crippen LogP contribution in [0.4, 0.5) is 5.69 Å². The Labute approximate surface area is 180 Å². The van der Waals surface area contributed by atoms with E-state index in [0.717, 1.165) is 5.56 Å². The second-order valence-electron chi connectivity index (χ2n) is 6.49. The fraction of sp³-hybridized carbons (Fsp3) is 0.174. The number of rotatable bonds is 8. The zero-order chi connectivity index (χ0) is 22.2. The van der Waals surface area contributed by atoms with Gasteiger partial charge in [0.05, 0.1) is 21.3 Å². The molecule has 0 aliphatic rings. The minimum atomic E-state index is -0.354. The number of carbonyl (C=O) groups excluding carboxylic acids is 2. The summed E-state index contributed by atoms with van der Waals surface area (Å²) in [6.07, 6.45) is 3.37. The van der Waals surface area contributed by atoms with Crippen LogP contribution in [0.1, 0.15) is 26.3 Å². The highest BCUT2D eigenvalue weighted by atomic mass is 16.5. The summed E-state index contributed by atoms with van der Waals surface area (Å²) < 4.78 is 15.8. The molecular formula is C23H23N3O5. The molecule has 2 amide bonds. The largest absolute Gasteiger partial charge is 0.493 e. The molecule has 0 radical (unpaired) electrons. The molecule has 31 heavy (non-hydrogen) atoms. The molecule has 2 aromatic carbocycles. The lowest BCUT2D eigenvalue weighted by atomic mass is 10.1. The Morgan fingerprint density at radius 2 is 1.55 bits per heavy atom.